The van der Waals surface area contributed by atoms with Gasteiger partial charge in [-0.25, -0.2) is 0 Å². The molecule has 3 N–H and O–H groups in total. The van der Waals surface area contributed by atoms with Gasteiger partial charge in [-0.2, -0.15) is 0 Å². The maximum Gasteiger partial charge on any atom is 0.211 e. The quantitative estimate of drug-likeness (QED) is 0.453. The fraction of sp³-hybridized carbons (Fsp3) is 0.375. The van der Waals surface area contributed by atoms with Crippen LogP contribution >= 0.6 is 0 Å². The molecule has 0 aliphatic rings. The number of nitrogens with one attached hydrogen (secondary N) is 1. The first-order chi connectivity index (χ1) is 9.58. The van der Waals surface area contributed by atoms with Crippen LogP contribution in [0, 0.1) is 0 Å². The van der Waals surface area contributed by atoms with Gasteiger partial charge in [-0.15, -0.1) is 0 Å². The fourth-order valence-corrected chi connectivity index (χ4v) is 2.19. The van der Waals surface area contributed by atoms with Crippen molar-refractivity contribution in [2.45, 2.75) is 40.0 Å². The summed E-state index contributed by atoms with van der Waals surface area (Å²) in [5, 5.41) is 2.67. The molecule has 0 bridgehead atoms. The van der Waals surface area contributed by atoms with Gasteiger partial charge in [0.1, 0.15) is 0 Å². The monoisotopic (exact) mass is 274 g/mol. The third kappa shape index (κ3) is 3.47. The molecule has 0 aliphatic carbocycles. The molecule has 0 aromatic heterocycles. The van der Waals surface area contributed by atoms with E-state index in [1.54, 1.807) is 19.1 Å². The third-order valence-corrected chi connectivity index (χ3v) is 3.20. The molecule has 0 heterocycles. The number of carbonyl (C=O) groups excluding carboxylic acids is 2. The Balaban J connectivity index is 3.44. The number of hydrogen-bond acceptors (Lipinski definition) is 3. The number of hydrogen-bond donors (Lipinski definition) is 2. The molecule has 4 heteroatoms. The predicted octanol–water partition coefficient (Wildman–Crippen LogP) is 3.63. The predicted molar refractivity (Wildman–Crippen MR) is 83.7 cm³/mol. The number of ketones is 1. The second-order valence-corrected chi connectivity index (χ2v) is 4.52. The van der Waals surface area contributed by atoms with Crippen molar-refractivity contribution in [3.63, 3.8) is 0 Å². The van der Waals surface area contributed by atoms with Gasteiger partial charge in [0.05, 0.1) is 0 Å². The number of amides is 1. The molecule has 0 aliphatic heterocycles. The van der Waals surface area contributed by atoms with Crippen LogP contribution in [0.4, 0.5) is 11.4 Å². The van der Waals surface area contributed by atoms with E-state index >= 15 is 0 Å². The molecule has 1 aromatic carbocycles. The van der Waals surface area contributed by atoms with Crippen LogP contribution in [0.3, 0.4) is 0 Å². The topological polar surface area (TPSA) is 72.2 Å². The molecule has 1 rings (SSSR count). The molecule has 0 atom stereocenters. The summed E-state index contributed by atoms with van der Waals surface area (Å²) >= 11 is 0. The number of anilines is 2. The largest absolute Gasteiger partial charge is 0.398 e. The van der Waals surface area contributed by atoms with E-state index in [1.165, 1.54) is 0 Å². The van der Waals surface area contributed by atoms with Crippen LogP contribution in [-0.4, -0.2) is 12.2 Å². The minimum absolute atomic E-state index is 0.0273. The molecule has 0 fully saturated rings. The maximum atomic E-state index is 11.9. The zero-order valence-electron chi connectivity index (χ0n) is 12.3. The standard InChI is InChI=1S/C16H22N2O2/c1-4-7-11(5-2)12-8-14(17)13(16(20)6-3)9-15(12)18-10-19/h7-10H,4-6,17H2,1-3H3,(H,18,19). The summed E-state index contributed by atoms with van der Waals surface area (Å²) in [6.45, 7) is 5.89. The van der Waals surface area contributed by atoms with Crippen molar-refractivity contribution in [1.82, 2.24) is 0 Å². The normalized spacial score (nSPS) is 11.2. The van der Waals surface area contributed by atoms with Gasteiger partial charge < -0.3 is 11.1 Å². The summed E-state index contributed by atoms with van der Waals surface area (Å²) in [4.78, 5) is 22.6. The lowest BCUT2D eigenvalue weighted by molar-refractivity contribution is -0.105. The number of benzene rings is 1. The molecule has 0 unspecified atom stereocenters. The molecule has 0 radical (unpaired) electrons. The minimum atomic E-state index is -0.0273. The molecule has 4 nitrogen and oxygen atoms in total. The zero-order chi connectivity index (χ0) is 15.1. The molecule has 1 aromatic rings. The molecular weight excluding hydrogens is 252 g/mol. The average molecular weight is 274 g/mol. The van der Waals surface area contributed by atoms with E-state index in [2.05, 4.69) is 18.3 Å². The Labute approximate surface area is 120 Å². The van der Waals surface area contributed by atoms with Crippen LogP contribution < -0.4 is 11.1 Å². The van der Waals surface area contributed by atoms with Gasteiger partial charge in [0.15, 0.2) is 5.78 Å². The van der Waals surface area contributed by atoms with Crippen molar-refractivity contribution >= 4 is 29.1 Å². The van der Waals surface area contributed by atoms with Crippen LogP contribution in [0.5, 0.6) is 0 Å². The number of nitrogens with two attached hydrogens (primary N) is 1. The van der Waals surface area contributed by atoms with E-state index in [-0.39, 0.29) is 5.78 Å². The third-order valence-electron chi connectivity index (χ3n) is 3.20. The van der Waals surface area contributed by atoms with E-state index < -0.39 is 0 Å². The first-order valence-corrected chi connectivity index (χ1v) is 6.95. The summed E-state index contributed by atoms with van der Waals surface area (Å²) < 4.78 is 0. The molecule has 0 saturated carbocycles. The number of carbonyl (C=O) groups is 2. The summed E-state index contributed by atoms with van der Waals surface area (Å²) in [5.41, 5.74) is 9.53. The van der Waals surface area contributed by atoms with Gasteiger partial charge in [-0.1, -0.05) is 26.8 Å². The van der Waals surface area contributed by atoms with Gasteiger partial charge in [0, 0.05) is 28.9 Å². The van der Waals surface area contributed by atoms with Crippen LogP contribution in [0.15, 0.2) is 18.2 Å². The SMILES string of the molecule is CCC=C(CC)c1cc(N)c(C(=O)CC)cc1NC=O. The zero-order valence-corrected chi connectivity index (χ0v) is 12.3. The minimum Gasteiger partial charge on any atom is -0.398 e. The van der Waals surface area contributed by atoms with Gasteiger partial charge in [-0.3, -0.25) is 9.59 Å². The van der Waals surface area contributed by atoms with Crippen molar-refractivity contribution in [1.29, 1.82) is 0 Å². The van der Waals surface area contributed by atoms with E-state index in [0.717, 1.165) is 24.0 Å². The molecule has 108 valence electrons. The second kappa shape index (κ2) is 7.48. The first kappa shape index (κ1) is 16.0. The van der Waals surface area contributed by atoms with Gasteiger partial charge in [0.2, 0.25) is 6.41 Å². The molecule has 0 spiro atoms. The van der Waals surface area contributed by atoms with E-state index in [0.29, 0.717) is 29.8 Å². The van der Waals surface area contributed by atoms with Crippen molar-refractivity contribution < 1.29 is 9.59 Å². The van der Waals surface area contributed by atoms with Gasteiger partial charge in [-0.05, 0) is 30.5 Å². The van der Waals surface area contributed by atoms with Crippen LogP contribution in [0.2, 0.25) is 0 Å². The van der Waals surface area contributed by atoms with Crippen LogP contribution in [0.1, 0.15) is 56.0 Å². The number of rotatable bonds is 7. The molecule has 1 amide bonds. The highest BCUT2D eigenvalue weighted by atomic mass is 16.1. The van der Waals surface area contributed by atoms with Crippen molar-refractivity contribution in [3.8, 4) is 0 Å². The lowest BCUT2D eigenvalue weighted by Crippen LogP contribution is -2.07. The smallest absolute Gasteiger partial charge is 0.211 e. The molecule has 0 saturated heterocycles. The highest BCUT2D eigenvalue weighted by molar-refractivity contribution is 6.03. The summed E-state index contributed by atoms with van der Waals surface area (Å²) in [6, 6.07) is 3.45. The number of allylic oxidation sites excluding steroid dienone is 2. The Kier molecular flexibility index (Phi) is 5.97. The highest BCUT2D eigenvalue weighted by Gasteiger charge is 2.14. The first-order valence-electron chi connectivity index (χ1n) is 6.95. The average Bonchev–Trinajstić information content (AvgIpc) is 2.45. The summed E-state index contributed by atoms with van der Waals surface area (Å²) in [6.07, 6.45) is 4.84. The van der Waals surface area contributed by atoms with Crippen molar-refractivity contribution in [2.24, 2.45) is 0 Å². The Bertz CT molecular complexity index is 534. The Morgan fingerprint density at radius 1 is 1.20 bits per heavy atom. The summed E-state index contributed by atoms with van der Waals surface area (Å²) in [7, 11) is 0. The number of nitrogen functional groups attached to an aromatic ring is 1. The lowest BCUT2D eigenvalue weighted by atomic mass is 9.95. The van der Waals surface area contributed by atoms with E-state index in [1.807, 2.05) is 6.92 Å². The van der Waals surface area contributed by atoms with Gasteiger partial charge in [0.25, 0.3) is 0 Å². The Morgan fingerprint density at radius 3 is 2.40 bits per heavy atom. The van der Waals surface area contributed by atoms with E-state index in [4.69, 9.17) is 5.73 Å². The van der Waals surface area contributed by atoms with Gasteiger partial charge >= 0.3 is 0 Å². The maximum absolute atomic E-state index is 11.9. The lowest BCUT2D eigenvalue weighted by Gasteiger charge is -2.15. The molecular formula is C16H22N2O2. The Morgan fingerprint density at radius 2 is 1.90 bits per heavy atom. The van der Waals surface area contributed by atoms with E-state index in [9.17, 15) is 9.59 Å². The Hall–Kier alpha value is -2.10. The van der Waals surface area contributed by atoms with Crippen LogP contribution in [0.25, 0.3) is 5.57 Å². The number of Topliss-reactive ketones (excluding diaryl/α,β-unsaturated/α-hetero) is 1. The highest BCUT2D eigenvalue weighted by Crippen LogP contribution is 2.31. The second-order valence-electron chi connectivity index (χ2n) is 4.52. The fourth-order valence-electron chi connectivity index (χ4n) is 2.19. The van der Waals surface area contributed by atoms with Crippen molar-refractivity contribution in [2.75, 3.05) is 11.1 Å². The van der Waals surface area contributed by atoms with Crippen molar-refractivity contribution in [3.05, 3.63) is 29.3 Å². The molecule has 20 heavy (non-hydrogen) atoms. The summed E-state index contributed by atoms with van der Waals surface area (Å²) in [5.74, 6) is -0.0273. The van der Waals surface area contributed by atoms with Crippen LogP contribution in [-0.2, 0) is 4.79 Å².